The Kier molecular flexibility index (Phi) is 4.67. The first kappa shape index (κ1) is 15.5. The molecular weight excluding hydrogens is 308 g/mol. The van der Waals surface area contributed by atoms with Crippen molar-refractivity contribution in [3.63, 3.8) is 0 Å². The maximum absolute atomic E-state index is 11.9. The largest absolute Gasteiger partial charge is 0.516 e. The highest BCUT2D eigenvalue weighted by Crippen LogP contribution is 2.15. The number of hydrogen-bond acceptors (Lipinski definition) is 5. The predicted octanol–water partition coefficient (Wildman–Crippen LogP) is 3.57. The molecule has 0 fully saturated rings. The standard InChI is InChI=1S/C18H14N2O4/c21-17(24-18(22)23-12-13-7-3-1-4-8-13)15-11-19-16(20-15)14-9-5-2-6-10-14/h1-11H,12H2,(H,19,20). The van der Waals surface area contributed by atoms with Crippen molar-refractivity contribution in [2.45, 2.75) is 6.61 Å². The van der Waals surface area contributed by atoms with Crippen LogP contribution in [0.3, 0.4) is 0 Å². The van der Waals surface area contributed by atoms with E-state index in [1.54, 1.807) is 12.1 Å². The van der Waals surface area contributed by atoms with Gasteiger partial charge in [-0.1, -0.05) is 60.7 Å². The molecule has 0 aliphatic rings. The Morgan fingerprint density at radius 1 is 0.958 bits per heavy atom. The van der Waals surface area contributed by atoms with Gasteiger partial charge in [-0.2, -0.15) is 0 Å². The Balaban J connectivity index is 1.57. The van der Waals surface area contributed by atoms with Gasteiger partial charge in [0.25, 0.3) is 0 Å². The van der Waals surface area contributed by atoms with Gasteiger partial charge in [-0.05, 0) is 5.56 Å². The highest BCUT2D eigenvalue weighted by atomic mass is 16.7. The Hall–Kier alpha value is -3.41. The average Bonchev–Trinajstić information content (AvgIpc) is 3.12. The van der Waals surface area contributed by atoms with Gasteiger partial charge >= 0.3 is 12.1 Å². The summed E-state index contributed by atoms with van der Waals surface area (Å²) in [5.41, 5.74) is 1.70. The van der Waals surface area contributed by atoms with E-state index in [1.165, 1.54) is 6.20 Å². The topological polar surface area (TPSA) is 81.3 Å². The number of carbonyl (C=O) groups is 2. The third kappa shape index (κ3) is 3.86. The summed E-state index contributed by atoms with van der Waals surface area (Å²) in [4.78, 5) is 30.4. The van der Waals surface area contributed by atoms with Crippen LogP contribution in [-0.4, -0.2) is 22.1 Å². The van der Waals surface area contributed by atoms with Crippen LogP contribution >= 0.6 is 0 Å². The third-order valence-corrected chi connectivity index (χ3v) is 3.22. The predicted molar refractivity (Wildman–Crippen MR) is 86.1 cm³/mol. The van der Waals surface area contributed by atoms with Gasteiger partial charge in [0.05, 0.1) is 6.20 Å². The maximum Gasteiger partial charge on any atom is 0.516 e. The second-order valence-corrected chi connectivity index (χ2v) is 4.93. The van der Waals surface area contributed by atoms with Gasteiger partial charge in [0.1, 0.15) is 18.1 Å². The molecule has 0 spiro atoms. The number of nitrogens with zero attached hydrogens (tertiary/aromatic N) is 1. The Bertz CT molecular complexity index is 828. The van der Waals surface area contributed by atoms with E-state index in [0.29, 0.717) is 5.82 Å². The lowest BCUT2D eigenvalue weighted by Gasteiger charge is -2.04. The fraction of sp³-hybridized carbons (Fsp3) is 0.0556. The van der Waals surface area contributed by atoms with Crippen molar-refractivity contribution >= 4 is 12.1 Å². The molecule has 0 saturated carbocycles. The molecular formula is C18H14N2O4. The molecule has 1 N–H and O–H groups in total. The highest BCUT2D eigenvalue weighted by molar-refractivity contribution is 5.94. The molecule has 3 rings (SSSR count). The fourth-order valence-electron chi connectivity index (χ4n) is 2.04. The zero-order valence-electron chi connectivity index (χ0n) is 12.6. The summed E-state index contributed by atoms with van der Waals surface area (Å²) in [6, 6.07) is 18.4. The van der Waals surface area contributed by atoms with Gasteiger partial charge in [0.2, 0.25) is 0 Å². The lowest BCUT2D eigenvalue weighted by Crippen LogP contribution is -2.14. The van der Waals surface area contributed by atoms with Crippen molar-refractivity contribution in [3.05, 3.63) is 78.1 Å². The molecule has 0 aliphatic heterocycles. The minimum atomic E-state index is -1.06. The quantitative estimate of drug-likeness (QED) is 0.586. The molecule has 3 aromatic rings. The molecule has 120 valence electrons. The first-order valence-corrected chi connectivity index (χ1v) is 7.25. The first-order chi connectivity index (χ1) is 11.7. The van der Waals surface area contributed by atoms with Crippen LogP contribution in [0.2, 0.25) is 0 Å². The van der Waals surface area contributed by atoms with Gasteiger partial charge in [0, 0.05) is 5.56 Å². The molecule has 24 heavy (non-hydrogen) atoms. The number of benzene rings is 2. The maximum atomic E-state index is 11.9. The molecule has 0 bridgehead atoms. The van der Waals surface area contributed by atoms with Crippen molar-refractivity contribution < 1.29 is 19.1 Å². The second-order valence-electron chi connectivity index (χ2n) is 4.93. The molecule has 0 unspecified atom stereocenters. The molecule has 6 nitrogen and oxygen atoms in total. The number of nitrogens with one attached hydrogen (secondary N) is 1. The van der Waals surface area contributed by atoms with E-state index in [1.807, 2.05) is 48.5 Å². The molecule has 6 heteroatoms. The van der Waals surface area contributed by atoms with E-state index in [4.69, 9.17) is 4.74 Å². The number of imidazole rings is 1. The summed E-state index contributed by atoms with van der Waals surface area (Å²) in [7, 11) is 0. The lowest BCUT2D eigenvalue weighted by atomic mass is 10.2. The van der Waals surface area contributed by atoms with E-state index in [-0.39, 0.29) is 12.3 Å². The van der Waals surface area contributed by atoms with E-state index in [2.05, 4.69) is 14.7 Å². The van der Waals surface area contributed by atoms with Crippen LogP contribution in [0, 0.1) is 0 Å². The minimum Gasteiger partial charge on any atom is -0.429 e. The summed E-state index contributed by atoms with van der Waals surface area (Å²) >= 11 is 0. The molecule has 0 aliphatic carbocycles. The molecule has 0 atom stereocenters. The third-order valence-electron chi connectivity index (χ3n) is 3.22. The SMILES string of the molecule is O=C(OCc1ccccc1)OC(=O)c1cnc(-c2ccccc2)[nH]1. The number of aromatic amines is 1. The number of H-pyrrole nitrogens is 1. The molecule has 2 aromatic carbocycles. The number of ether oxygens (including phenoxy) is 2. The summed E-state index contributed by atoms with van der Waals surface area (Å²) < 4.78 is 9.53. The van der Waals surface area contributed by atoms with E-state index in [9.17, 15) is 9.59 Å². The van der Waals surface area contributed by atoms with Crippen molar-refractivity contribution in [2.24, 2.45) is 0 Å². The van der Waals surface area contributed by atoms with Crippen LogP contribution in [0.4, 0.5) is 4.79 Å². The van der Waals surface area contributed by atoms with E-state index >= 15 is 0 Å². The monoisotopic (exact) mass is 322 g/mol. The average molecular weight is 322 g/mol. The lowest BCUT2D eigenvalue weighted by molar-refractivity contribution is 0.0356. The molecule has 1 heterocycles. The molecule has 0 saturated heterocycles. The number of esters is 1. The number of rotatable bonds is 4. The van der Waals surface area contributed by atoms with Crippen molar-refractivity contribution in [1.29, 1.82) is 0 Å². The number of carbonyl (C=O) groups excluding carboxylic acids is 2. The van der Waals surface area contributed by atoms with Crippen molar-refractivity contribution in [1.82, 2.24) is 9.97 Å². The summed E-state index contributed by atoms with van der Waals surface area (Å²) in [5, 5.41) is 0. The minimum absolute atomic E-state index is 0.0329. The highest BCUT2D eigenvalue weighted by Gasteiger charge is 2.17. The van der Waals surface area contributed by atoms with Gasteiger partial charge in [-0.3, -0.25) is 0 Å². The van der Waals surface area contributed by atoms with Crippen LogP contribution in [0.1, 0.15) is 16.1 Å². The van der Waals surface area contributed by atoms with E-state index < -0.39 is 12.1 Å². The van der Waals surface area contributed by atoms with Crippen LogP contribution in [-0.2, 0) is 16.1 Å². The van der Waals surface area contributed by atoms with Gasteiger partial charge in [0.15, 0.2) is 0 Å². The van der Waals surface area contributed by atoms with Crippen LogP contribution in [0.25, 0.3) is 11.4 Å². The van der Waals surface area contributed by atoms with Crippen molar-refractivity contribution in [2.75, 3.05) is 0 Å². The van der Waals surface area contributed by atoms with Crippen LogP contribution in [0.5, 0.6) is 0 Å². The smallest absolute Gasteiger partial charge is 0.429 e. The van der Waals surface area contributed by atoms with Gasteiger partial charge in [-0.25, -0.2) is 14.6 Å². The van der Waals surface area contributed by atoms with Gasteiger partial charge < -0.3 is 14.5 Å². The first-order valence-electron chi connectivity index (χ1n) is 7.25. The second kappa shape index (κ2) is 7.23. The Morgan fingerprint density at radius 3 is 2.33 bits per heavy atom. The normalized spacial score (nSPS) is 10.2. The molecule has 1 aromatic heterocycles. The van der Waals surface area contributed by atoms with Crippen molar-refractivity contribution in [3.8, 4) is 11.4 Å². The van der Waals surface area contributed by atoms with Crippen LogP contribution < -0.4 is 0 Å². The Morgan fingerprint density at radius 2 is 1.62 bits per heavy atom. The molecule has 0 radical (unpaired) electrons. The zero-order valence-corrected chi connectivity index (χ0v) is 12.6. The summed E-state index contributed by atoms with van der Waals surface area (Å²) in [5.74, 6) is -0.331. The summed E-state index contributed by atoms with van der Waals surface area (Å²) in [6.45, 7) is 0.0329. The van der Waals surface area contributed by atoms with Gasteiger partial charge in [-0.15, -0.1) is 0 Å². The number of aromatic nitrogens is 2. The zero-order chi connectivity index (χ0) is 16.8. The Labute approximate surface area is 138 Å². The van der Waals surface area contributed by atoms with E-state index in [0.717, 1.165) is 11.1 Å². The number of hydrogen-bond donors (Lipinski definition) is 1. The molecule has 0 amide bonds. The summed E-state index contributed by atoms with van der Waals surface area (Å²) in [6.07, 6.45) is 0.259. The van der Waals surface area contributed by atoms with Crippen LogP contribution in [0.15, 0.2) is 66.9 Å². The fourth-order valence-corrected chi connectivity index (χ4v) is 2.04.